The smallest absolute Gasteiger partial charge is 0.0547 e. The average Bonchev–Trinajstić information content (AvgIpc) is 3.88. The number of rotatable bonds is 8. The maximum Gasteiger partial charge on any atom is 0.0547 e. The van der Waals surface area contributed by atoms with E-state index in [4.69, 9.17) is 0 Å². The van der Waals surface area contributed by atoms with Crippen molar-refractivity contribution in [3.63, 3.8) is 0 Å². The summed E-state index contributed by atoms with van der Waals surface area (Å²) in [5, 5.41) is 4.92. The van der Waals surface area contributed by atoms with Gasteiger partial charge < -0.3 is 14.0 Å². The zero-order chi connectivity index (χ0) is 41.7. The summed E-state index contributed by atoms with van der Waals surface area (Å²) in [6, 6.07) is 90.1. The van der Waals surface area contributed by atoms with Crippen molar-refractivity contribution in [2.24, 2.45) is 0 Å². The second-order valence-electron chi connectivity index (χ2n) is 16.1. The lowest BCUT2D eigenvalue weighted by atomic mass is 9.98. The van der Waals surface area contributed by atoms with Gasteiger partial charge in [0.1, 0.15) is 0 Å². The Labute approximate surface area is 366 Å². The number of hydrogen-bond donors (Lipinski definition) is 0. The van der Waals surface area contributed by atoms with Crippen molar-refractivity contribution in [1.82, 2.24) is 9.13 Å². The first-order valence-corrected chi connectivity index (χ1v) is 21.6. The second kappa shape index (κ2) is 15.3. The molecule has 0 amide bonds. The number of anilines is 3. The number of aromatic nitrogens is 2. The van der Waals surface area contributed by atoms with Crippen molar-refractivity contribution >= 4 is 60.7 Å². The highest BCUT2D eigenvalue weighted by Crippen LogP contribution is 2.45. The molecule has 0 N–H and O–H groups in total. The zero-order valence-corrected chi connectivity index (χ0v) is 34.5. The molecule has 296 valence electrons. The Morgan fingerprint density at radius 1 is 0.270 bits per heavy atom. The van der Waals surface area contributed by atoms with Gasteiger partial charge in [0.2, 0.25) is 0 Å². The summed E-state index contributed by atoms with van der Waals surface area (Å²) in [5.41, 5.74) is 17.4. The molecule has 10 aromatic carbocycles. The molecule has 0 radical (unpaired) electrons. The van der Waals surface area contributed by atoms with Crippen molar-refractivity contribution in [1.29, 1.82) is 0 Å². The van der Waals surface area contributed by atoms with E-state index >= 15 is 0 Å². The van der Waals surface area contributed by atoms with Crippen LogP contribution in [0.25, 0.3) is 88.4 Å². The van der Waals surface area contributed by atoms with Crippen LogP contribution in [0.3, 0.4) is 0 Å². The lowest BCUT2D eigenvalue weighted by molar-refractivity contribution is 1.17. The summed E-state index contributed by atoms with van der Waals surface area (Å²) in [6.07, 6.45) is 0. The zero-order valence-electron chi connectivity index (χ0n) is 34.5. The lowest BCUT2D eigenvalue weighted by Gasteiger charge is -2.28. The highest BCUT2D eigenvalue weighted by Gasteiger charge is 2.22. The number of para-hydroxylation sites is 3. The fourth-order valence-electron chi connectivity index (χ4n) is 9.68. The van der Waals surface area contributed by atoms with Gasteiger partial charge in [-0.2, -0.15) is 0 Å². The Kier molecular flexibility index (Phi) is 8.83. The number of fused-ring (bicyclic) bond motifs is 6. The van der Waals surface area contributed by atoms with Crippen LogP contribution in [0.2, 0.25) is 0 Å². The summed E-state index contributed by atoms with van der Waals surface area (Å²) in [7, 11) is 0. The monoisotopic (exact) mass is 803 g/mol. The molecule has 12 aromatic rings. The summed E-state index contributed by atoms with van der Waals surface area (Å²) in [4.78, 5) is 2.43. The van der Waals surface area contributed by atoms with Crippen LogP contribution >= 0.6 is 0 Å². The van der Waals surface area contributed by atoms with Crippen molar-refractivity contribution in [3.05, 3.63) is 249 Å². The maximum atomic E-state index is 2.43. The van der Waals surface area contributed by atoms with Crippen LogP contribution in [-0.4, -0.2) is 9.13 Å². The van der Waals surface area contributed by atoms with E-state index in [0.29, 0.717) is 0 Å². The Bertz CT molecular complexity index is 3590. The third-order valence-electron chi connectivity index (χ3n) is 12.5. The molecule has 0 saturated carbocycles. The van der Waals surface area contributed by atoms with E-state index in [2.05, 4.69) is 263 Å². The molecule has 0 aliphatic carbocycles. The van der Waals surface area contributed by atoms with Gasteiger partial charge in [0, 0.05) is 49.9 Å². The molecule has 2 aromatic heterocycles. The standard InChI is InChI=1S/C60H41N3/c1-5-18-42(19-6-1)45-32-38-57-53(40-45)52-27-14-16-30-56(52)62(57)48-35-33-47(34-36-48)61(55-29-15-13-26-50(55)43-20-7-2-8-21-43)49-37-39-58-54(41-49)60-51(44-22-9-3-10-23-44)28-17-31-59(60)63(58)46-24-11-4-12-25-46/h1-41H. The molecule has 0 aliphatic rings. The second-order valence-corrected chi connectivity index (χ2v) is 16.1. The van der Waals surface area contributed by atoms with Crippen molar-refractivity contribution < 1.29 is 0 Å². The molecule has 0 spiro atoms. The van der Waals surface area contributed by atoms with Gasteiger partial charge in [0.05, 0.1) is 27.8 Å². The molecule has 0 aliphatic heterocycles. The van der Waals surface area contributed by atoms with Gasteiger partial charge in [-0.1, -0.05) is 164 Å². The third-order valence-corrected chi connectivity index (χ3v) is 12.5. The Morgan fingerprint density at radius 3 is 1.52 bits per heavy atom. The van der Waals surface area contributed by atoms with Gasteiger partial charge in [-0.05, 0) is 113 Å². The van der Waals surface area contributed by atoms with Crippen molar-refractivity contribution in [3.8, 4) is 44.8 Å². The molecule has 63 heavy (non-hydrogen) atoms. The van der Waals surface area contributed by atoms with E-state index < -0.39 is 0 Å². The summed E-state index contributed by atoms with van der Waals surface area (Å²) < 4.78 is 4.81. The van der Waals surface area contributed by atoms with Gasteiger partial charge >= 0.3 is 0 Å². The molecule has 12 rings (SSSR count). The molecular formula is C60H41N3. The minimum Gasteiger partial charge on any atom is -0.310 e. The van der Waals surface area contributed by atoms with E-state index in [1.165, 1.54) is 65.9 Å². The SMILES string of the molecule is c1ccc(-c2ccc3c(c2)c2ccccc2n3-c2ccc(N(c3ccc4c(c3)c3c(-c5ccccc5)cccc3n4-c3ccccc3)c3ccccc3-c3ccccc3)cc2)cc1. The molecule has 0 fully saturated rings. The molecule has 3 heteroatoms. The van der Waals surface area contributed by atoms with Crippen molar-refractivity contribution in [2.45, 2.75) is 0 Å². The van der Waals surface area contributed by atoms with Crippen molar-refractivity contribution in [2.75, 3.05) is 4.90 Å². The first-order valence-electron chi connectivity index (χ1n) is 21.6. The number of benzene rings is 10. The third kappa shape index (κ3) is 6.21. The van der Waals surface area contributed by atoms with Gasteiger partial charge in [-0.25, -0.2) is 0 Å². The van der Waals surface area contributed by atoms with E-state index in [0.717, 1.165) is 39.5 Å². The van der Waals surface area contributed by atoms with Crippen LogP contribution in [0.5, 0.6) is 0 Å². The molecule has 0 atom stereocenters. The average molecular weight is 804 g/mol. The largest absolute Gasteiger partial charge is 0.310 e. The van der Waals surface area contributed by atoms with Crippen LogP contribution in [-0.2, 0) is 0 Å². The number of hydrogen-bond acceptors (Lipinski definition) is 1. The van der Waals surface area contributed by atoms with Gasteiger partial charge in [-0.15, -0.1) is 0 Å². The molecular weight excluding hydrogens is 763 g/mol. The molecule has 0 unspecified atom stereocenters. The van der Waals surface area contributed by atoms with Crippen LogP contribution in [0.1, 0.15) is 0 Å². The molecule has 2 heterocycles. The number of nitrogens with zero attached hydrogens (tertiary/aromatic N) is 3. The van der Waals surface area contributed by atoms with Gasteiger partial charge in [-0.3, -0.25) is 0 Å². The van der Waals surface area contributed by atoms with E-state index in [1.807, 2.05) is 0 Å². The van der Waals surface area contributed by atoms with Gasteiger partial charge in [0.15, 0.2) is 0 Å². The minimum absolute atomic E-state index is 1.07. The Hall–Kier alpha value is -8.40. The maximum absolute atomic E-state index is 2.43. The molecule has 0 saturated heterocycles. The van der Waals surface area contributed by atoms with Gasteiger partial charge in [0.25, 0.3) is 0 Å². The fraction of sp³-hybridized carbons (Fsp3) is 0. The van der Waals surface area contributed by atoms with E-state index in [9.17, 15) is 0 Å². The topological polar surface area (TPSA) is 13.1 Å². The summed E-state index contributed by atoms with van der Waals surface area (Å²) >= 11 is 0. The summed E-state index contributed by atoms with van der Waals surface area (Å²) in [5.74, 6) is 0. The first-order chi connectivity index (χ1) is 31.3. The molecule has 3 nitrogen and oxygen atoms in total. The van der Waals surface area contributed by atoms with E-state index in [1.54, 1.807) is 0 Å². The first kappa shape index (κ1) is 36.5. The quantitative estimate of drug-likeness (QED) is 0.149. The predicted molar refractivity (Wildman–Crippen MR) is 266 cm³/mol. The minimum atomic E-state index is 1.07. The van der Waals surface area contributed by atoms with Crippen LogP contribution in [0, 0.1) is 0 Å². The highest BCUT2D eigenvalue weighted by molar-refractivity contribution is 6.17. The Balaban J connectivity index is 1.07. The molecule has 0 bridgehead atoms. The van der Waals surface area contributed by atoms with E-state index in [-0.39, 0.29) is 0 Å². The highest BCUT2D eigenvalue weighted by atomic mass is 15.1. The van der Waals surface area contributed by atoms with Crippen LogP contribution in [0.15, 0.2) is 249 Å². The summed E-state index contributed by atoms with van der Waals surface area (Å²) in [6.45, 7) is 0. The predicted octanol–water partition coefficient (Wildman–Crippen LogP) is 16.4. The van der Waals surface area contributed by atoms with Crippen LogP contribution < -0.4 is 4.90 Å². The Morgan fingerprint density at radius 2 is 0.778 bits per heavy atom. The van der Waals surface area contributed by atoms with Crippen LogP contribution in [0.4, 0.5) is 17.1 Å². The fourth-order valence-corrected chi connectivity index (χ4v) is 9.68. The lowest BCUT2D eigenvalue weighted by Crippen LogP contribution is -2.11. The normalized spacial score (nSPS) is 11.5.